The van der Waals surface area contributed by atoms with Gasteiger partial charge in [0, 0.05) is 24.4 Å². The minimum absolute atomic E-state index is 0.498. The molecule has 0 aliphatic carbocycles. The molecule has 1 aromatic carbocycles. The van der Waals surface area contributed by atoms with Crippen molar-refractivity contribution in [1.29, 1.82) is 5.26 Å². The molecule has 5 nitrogen and oxygen atoms in total. The number of amidine groups is 1. The minimum Gasteiger partial charge on any atom is -0.254 e. The fourth-order valence-corrected chi connectivity index (χ4v) is 1.69. The Morgan fingerprint density at radius 1 is 1.29 bits per heavy atom. The monoisotopic (exact) mass is 221 g/mol. The highest BCUT2D eigenvalue weighted by Gasteiger charge is 2.12. The van der Waals surface area contributed by atoms with E-state index >= 15 is 0 Å². The Morgan fingerprint density at radius 2 is 2.24 bits per heavy atom. The third kappa shape index (κ3) is 1.56. The summed E-state index contributed by atoms with van der Waals surface area (Å²) in [5.74, 6) is 0.540. The van der Waals surface area contributed by atoms with Crippen LogP contribution in [0.2, 0.25) is 0 Å². The first-order valence-corrected chi connectivity index (χ1v) is 5.13. The molecule has 0 bridgehead atoms. The van der Waals surface area contributed by atoms with Crippen LogP contribution in [0.4, 0.5) is 0 Å². The van der Waals surface area contributed by atoms with Gasteiger partial charge >= 0.3 is 0 Å². The number of nitriles is 1. The summed E-state index contributed by atoms with van der Waals surface area (Å²) >= 11 is 0. The highest BCUT2D eigenvalue weighted by Crippen LogP contribution is 2.09. The molecule has 2 heterocycles. The predicted molar refractivity (Wildman–Crippen MR) is 62.1 cm³/mol. The van der Waals surface area contributed by atoms with Gasteiger partial charge in [-0.3, -0.25) is 4.99 Å². The SMILES string of the molecule is N#Cc1cccc2c1=NC1=NN=CCC1=CN=2. The zero-order valence-electron chi connectivity index (χ0n) is 8.83. The van der Waals surface area contributed by atoms with E-state index in [0.717, 1.165) is 5.57 Å². The first-order chi connectivity index (χ1) is 8.38. The van der Waals surface area contributed by atoms with E-state index in [2.05, 4.69) is 26.3 Å². The number of rotatable bonds is 0. The molecular formula is C12H7N5. The van der Waals surface area contributed by atoms with Crippen LogP contribution in [0.3, 0.4) is 0 Å². The molecule has 0 amide bonds. The van der Waals surface area contributed by atoms with Crippen LogP contribution < -0.4 is 10.7 Å². The van der Waals surface area contributed by atoms with Gasteiger partial charge in [-0.2, -0.15) is 10.4 Å². The number of nitrogens with zero attached hydrogens (tertiary/aromatic N) is 5. The topological polar surface area (TPSA) is 73.2 Å². The van der Waals surface area contributed by atoms with Crippen molar-refractivity contribution in [1.82, 2.24) is 0 Å². The summed E-state index contributed by atoms with van der Waals surface area (Å²) in [6.07, 6.45) is 4.11. The predicted octanol–water partition coefficient (Wildman–Crippen LogP) is 0.483. The lowest BCUT2D eigenvalue weighted by atomic mass is 10.2. The molecule has 2 aliphatic heterocycles. The lowest BCUT2D eigenvalue weighted by Gasteiger charge is -2.03. The molecule has 0 fully saturated rings. The highest BCUT2D eigenvalue weighted by atomic mass is 15.2. The molecule has 0 aromatic heterocycles. The Hall–Kier alpha value is -2.61. The average Bonchev–Trinajstić information content (AvgIpc) is 2.57. The van der Waals surface area contributed by atoms with Crippen molar-refractivity contribution in [3.05, 3.63) is 46.3 Å². The Bertz CT molecular complexity index is 731. The zero-order valence-corrected chi connectivity index (χ0v) is 8.83. The number of hydrogen-bond acceptors (Lipinski definition) is 5. The van der Waals surface area contributed by atoms with Gasteiger partial charge in [0.1, 0.15) is 11.4 Å². The van der Waals surface area contributed by atoms with Gasteiger partial charge in [-0.25, -0.2) is 4.99 Å². The highest BCUT2D eigenvalue weighted by molar-refractivity contribution is 6.02. The van der Waals surface area contributed by atoms with E-state index in [1.54, 1.807) is 24.5 Å². The quantitative estimate of drug-likeness (QED) is 0.628. The van der Waals surface area contributed by atoms with Crippen molar-refractivity contribution in [3.8, 4) is 6.07 Å². The average molecular weight is 221 g/mol. The summed E-state index contributed by atoms with van der Waals surface area (Å²) < 4.78 is 0. The van der Waals surface area contributed by atoms with Gasteiger partial charge in [0.15, 0.2) is 5.84 Å². The lowest BCUT2D eigenvalue weighted by molar-refractivity contribution is 1.15. The molecule has 0 atom stereocenters. The number of benzene rings is 1. The minimum atomic E-state index is 0.498. The lowest BCUT2D eigenvalue weighted by Crippen LogP contribution is -2.28. The molecule has 3 rings (SSSR count). The van der Waals surface area contributed by atoms with E-state index in [1.165, 1.54) is 0 Å². The summed E-state index contributed by atoms with van der Waals surface area (Å²) in [5.41, 5.74) is 1.42. The molecule has 5 heteroatoms. The Morgan fingerprint density at radius 3 is 3.12 bits per heavy atom. The molecular weight excluding hydrogens is 214 g/mol. The van der Waals surface area contributed by atoms with Crippen LogP contribution in [0.25, 0.3) is 0 Å². The van der Waals surface area contributed by atoms with Crippen LogP contribution in [-0.2, 0) is 0 Å². The van der Waals surface area contributed by atoms with E-state index in [9.17, 15) is 0 Å². The van der Waals surface area contributed by atoms with E-state index in [0.29, 0.717) is 28.5 Å². The van der Waals surface area contributed by atoms with Crippen molar-refractivity contribution in [2.45, 2.75) is 6.42 Å². The fourth-order valence-electron chi connectivity index (χ4n) is 1.69. The molecule has 0 spiro atoms. The molecule has 0 radical (unpaired) electrons. The molecule has 80 valence electrons. The number of para-hydroxylation sites is 1. The molecule has 0 saturated heterocycles. The molecule has 0 N–H and O–H groups in total. The molecule has 1 aromatic rings. The van der Waals surface area contributed by atoms with Gasteiger partial charge < -0.3 is 0 Å². The maximum absolute atomic E-state index is 9.04. The fraction of sp³-hybridized carbons (Fsp3) is 0.0833. The van der Waals surface area contributed by atoms with Gasteiger partial charge in [0.05, 0.1) is 10.9 Å². The standard InChI is InChI=1S/C12H7N5/c13-6-8-2-1-3-10-11(8)16-12-9(7-14-10)4-5-15-17-12/h1-3,5,7H,4H2. The summed E-state index contributed by atoms with van der Waals surface area (Å²) in [6, 6.07) is 7.45. The van der Waals surface area contributed by atoms with Crippen molar-refractivity contribution < 1.29 is 0 Å². The van der Waals surface area contributed by atoms with Crippen molar-refractivity contribution in [3.63, 3.8) is 0 Å². The summed E-state index contributed by atoms with van der Waals surface area (Å²) in [5, 5.41) is 18.1. The third-order valence-electron chi connectivity index (χ3n) is 2.54. The molecule has 2 aliphatic rings. The normalized spacial score (nSPS) is 16.2. The number of hydrogen-bond donors (Lipinski definition) is 0. The van der Waals surface area contributed by atoms with Crippen LogP contribution >= 0.6 is 0 Å². The Balaban J connectivity index is 2.38. The molecule has 0 unspecified atom stereocenters. The van der Waals surface area contributed by atoms with E-state index < -0.39 is 0 Å². The van der Waals surface area contributed by atoms with E-state index in [4.69, 9.17) is 5.26 Å². The van der Waals surface area contributed by atoms with Crippen LogP contribution in [0.15, 0.2) is 50.2 Å². The van der Waals surface area contributed by atoms with Crippen molar-refractivity contribution in [2.75, 3.05) is 0 Å². The second kappa shape index (κ2) is 3.76. The van der Waals surface area contributed by atoms with Crippen LogP contribution in [0, 0.1) is 11.3 Å². The van der Waals surface area contributed by atoms with Crippen molar-refractivity contribution >= 4 is 12.1 Å². The van der Waals surface area contributed by atoms with Crippen LogP contribution in [-0.4, -0.2) is 12.1 Å². The maximum Gasteiger partial charge on any atom is 0.180 e. The van der Waals surface area contributed by atoms with Crippen LogP contribution in [0.5, 0.6) is 0 Å². The number of fused-ring (bicyclic) bond motifs is 2. The smallest absolute Gasteiger partial charge is 0.180 e. The van der Waals surface area contributed by atoms with Gasteiger partial charge in [-0.05, 0) is 12.1 Å². The maximum atomic E-state index is 9.04. The van der Waals surface area contributed by atoms with E-state index in [1.807, 2.05) is 6.07 Å². The molecule has 17 heavy (non-hydrogen) atoms. The van der Waals surface area contributed by atoms with Gasteiger partial charge in [0.2, 0.25) is 0 Å². The van der Waals surface area contributed by atoms with Gasteiger partial charge in [-0.1, -0.05) is 6.07 Å². The second-order valence-corrected chi connectivity index (χ2v) is 3.61. The molecule has 0 saturated carbocycles. The first kappa shape index (κ1) is 9.60. The van der Waals surface area contributed by atoms with E-state index in [-0.39, 0.29) is 0 Å². The van der Waals surface area contributed by atoms with Crippen LogP contribution in [0.1, 0.15) is 12.0 Å². The van der Waals surface area contributed by atoms with Gasteiger partial charge in [-0.15, -0.1) is 5.10 Å². The zero-order chi connectivity index (χ0) is 11.7. The van der Waals surface area contributed by atoms with Crippen molar-refractivity contribution in [2.24, 2.45) is 20.2 Å². The third-order valence-corrected chi connectivity index (χ3v) is 2.54. The Labute approximate surface area is 96.9 Å². The van der Waals surface area contributed by atoms with Gasteiger partial charge in [0.25, 0.3) is 0 Å². The summed E-state index contributed by atoms with van der Waals surface area (Å²) in [4.78, 5) is 8.71. The largest absolute Gasteiger partial charge is 0.254 e. The second-order valence-electron chi connectivity index (χ2n) is 3.61. The summed E-state index contributed by atoms with van der Waals surface area (Å²) in [7, 11) is 0. The Kier molecular flexibility index (Phi) is 2.12. The first-order valence-electron chi connectivity index (χ1n) is 5.13. The summed E-state index contributed by atoms with van der Waals surface area (Å²) in [6.45, 7) is 0.